The Morgan fingerprint density at radius 3 is 2.89 bits per heavy atom. The SMILES string of the molecule is Cc1noc(C)c1COc1cccc(C(=O)NC2CCc3ccccc32)c1. The molecule has 1 aliphatic rings. The molecule has 0 radical (unpaired) electrons. The number of aryl methyl sites for hydroxylation is 3. The van der Waals surface area contributed by atoms with E-state index in [1.54, 1.807) is 12.1 Å². The molecule has 0 aliphatic heterocycles. The fourth-order valence-electron chi connectivity index (χ4n) is 3.54. The molecule has 1 unspecified atom stereocenters. The Kier molecular flexibility index (Phi) is 4.67. The van der Waals surface area contributed by atoms with Crippen LogP contribution in [0, 0.1) is 13.8 Å². The Balaban J connectivity index is 1.44. The number of fused-ring (bicyclic) bond motifs is 1. The first-order valence-electron chi connectivity index (χ1n) is 9.15. The van der Waals surface area contributed by atoms with E-state index in [9.17, 15) is 4.79 Å². The second kappa shape index (κ2) is 7.27. The maximum atomic E-state index is 12.7. The first-order valence-corrected chi connectivity index (χ1v) is 9.15. The van der Waals surface area contributed by atoms with Crippen LogP contribution in [0.2, 0.25) is 0 Å². The van der Waals surface area contributed by atoms with Gasteiger partial charge in [0.2, 0.25) is 0 Å². The monoisotopic (exact) mass is 362 g/mol. The van der Waals surface area contributed by atoms with Gasteiger partial charge in [0.05, 0.1) is 17.3 Å². The van der Waals surface area contributed by atoms with Crippen molar-refractivity contribution in [3.63, 3.8) is 0 Å². The number of hydrogen-bond donors (Lipinski definition) is 1. The summed E-state index contributed by atoms with van der Waals surface area (Å²) in [7, 11) is 0. The van der Waals surface area contributed by atoms with Gasteiger partial charge in [0.1, 0.15) is 18.1 Å². The molecule has 1 heterocycles. The summed E-state index contributed by atoms with van der Waals surface area (Å²) >= 11 is 0. The minimum absolute atomic E-state index is 0.0700. The highest BCUT2D eigenvalue weighted by molar-refractivity contribution is 5.94. The highest BCUT2D eigenvalue weighted by Crippen LogP contribution is 2.31. The third kappa shape index (κ3) is 3.58. The van der Waals surface area contributed by atoms with E-state index in [0.717, 1.165) is 29.9 Å². The molecule has 1 N–H and O–H groups in total. The molecule has 4 rings (SSSR count). The summed E-state index contributed by atoms with van der Waals surface area (Å²) in [6.45, 7) is 4.11. The molecule has 0 saturated carbocycles. The molecule has 1 atom stereocenters. The van der Waals surface area contributed by atoms with Crippen LogP contribution < -0.4 is 10.1 Å². The summed E-state index contributed by atoms with van der Waals surface area (Å²) in [4.78, 5) is 12.7. The Morgan fingerprint density at radius 1 is 1.22 bits per heavy atom. The van der Waals surface area contributed by atoms with E-state index in [-0.39, 0.29) is 11.9 Å². The molecule has 0 saturated heterocycles. The first-order chi connectivity index (χ1) is 13.1. The number of carbonyl (C=O) groups is 1. The van der Waals surface area contributed by atoms with E-state index in [1.165, 1.54) is 11.1 Å². The van der Waals surface area contributed by atoms with Crippen molar-refractivity contribution in [3.05, 3.63) is 82.2 Å². The van der Waals surface area contributed by atoms with Crippen molar-refractivity contribution in [1.82, 2.24) is 10.5 Å². The predicted molar refractivity (Wildman–Crippen MR) is 102 cm³/mol. The molecule has 1 aliphatic carbocycles. The van der Waals surface area contributed by atoms with Gasteiger partial charge in [-0.1, -0.05) is 35.5 Å². The van der Waals surface area contributed by atoms with Crippen LogP contribution in [0.25, 0.3) is 0 Å². The summed E-state index contributed by atoms with van der Waals surface area (Å²) in [6, 6.07) is 15.6. The zero-order valence-corrected chi connectivity index (χ0v) is 15.5. The molecular formula is C22H22N2O3. The van der Waals surface area contributed by atoms with Crippen LogP contribution >= 0.6 is 0 Å². The Morgan fingerprint density at radius 2 is 2.07 bits per heavy atom. The van der Waals surface area contributed by atoms with Crippen LogP contribution in [0.3, 0.4) is 0 Å². The number of aromatic nitrogens is 1. The molecule has 3 aromatic rings. The molecule has 0 spiro atoms. The fourth-order valence-corrected chi connectivity index (χ4v) is 3.54. The van der Waals surface area contributed by atoms with Gasteiger partial charge in [0.25, 0.3) is 5.91 Å². The van der Waals surface area contributed by atoms with E-state index < -0.39 is 0 Å². The van der Waals surface area contributed by atoms with Crippen molar-refractivity contribution >= 4 is 5.91 Å². The standard InChI is InChI=1S/C22H22N2O3/c1-14-20(15(2)27-24-14)13-26-18-8-5-7-17(12-18)22(25)23-21-11-10-16-6-3-4-9-19(16)21/h3-9,12,21H,10-11,13H2,1-2H3,(H,23,25). The van der Waals surface area contributed by atoms with Crippen molar-refractivity contribution in [3.8, 4) is 5.75 Å². The quantitative estimate of drug-likeness (QED) is 0.735. The lowest BCUT2D eigenvalue weighted by Gasteiger charge is -2.15. The van der Waals surface area contributed by atoms with E-state index in [1.807, 2.05) is 38.1 Å². The summed E-state index contributed by atoms with van der Waals surface area (Å²) in [5, 5.41) is 7.08. The highest BCUT2D eigenvalue weighted by Gasteiger charge is 2.23. The van der Waals surface area contributed by atoms with Crippen LogP contribution in [0.1, 0.15) is 51.0 Å². The number of nitrogens with zero attached hydrogens (tertiary/aromatic N) is 1. The van der Waals surface area contributed by atoms with Crippen LogP contribution in [0.15, 0.2) is 53.1 Å². The van der Waals surface area contributed by atoms with Crippen molar-refractivity contribution < 1.29 is 14.1 Å². The summed E-state index contributed by atoms with van der Waals surface area (Å²) in [5.41, 5.74) is 4.89. The van der Waals surface area contributed by atoms with Gasteiger partial charge < -0.3 is 14.6 Å². The third-order valence-corrected chi connectivity index (χ3v) is 5.10. The number of rotatable bonds is 5. The lowest BCUT2D eigenvalue weighted by molar-refractivity contribution is 0.0936. The Labute approximate surface area is 158 Å². The van der Waals surface area contributed by atoms with E-state index in [2.05, 4.69) is 22.6 Å². The van der Waals surface area contributed by atoms with Crippen molar-refractivity contribution in [2.24, 2.45) is 0 Å². The van der Waals surface area contributed by atoms with Crippen LogP contribution in [0.4, 0.5) is 0 Å². The van der Waals surface area contributed by atoms with Gasteiger partial charge in [-0.2, -0.15) is 0 Å². The average Bonchev–Trinajstić information content (AvgIpc) is 3.24. The molecule has 1 aromatic heterocycles. The average molecular weight is 362 g/mol. The number of carbonyl (C=O) groups excluding carboxylic acids is 1. The smallest absolute Gasteiger partial charge is 0.251 e. The number of benzene rings is 2. The summed E-state index contributed by atoms with van der Waals surface area (Å²) in [5.74, 6) is 1.32. The molecule has 27 heavy (non-hydrogen) atoms. The zero-order chi connectivity index (χ0) is 18.8. The molecule has 138 valence electrons. The second-order valence-corrected chi connectivity index (χ2v) is 6.88. The first kappa shape index (κ1) is 17.3. The fraction of sp³-hybridized carbons (Fsp3) is 0.273. The van der Waals surface area contributed by atoms with Gasteiger partial charge in [0, 0.05) is 5.56 Å². The van der Waals surface area contributed by atoms with Gasteiger partial charge in [-0.15, -0.1) is 0 Å². The van der Waals surface area contributed by atoms with Crippen molar-refractivity contribution in [1.29, 1.82) is 0 Å². The molecule has 0 fully saturated rings. The lowest BCUT2D eigenvalue weighted by atomic mass is 10.1. The van der Waals surface area contributed by atoms with Gasteiger partial charge in [-0.3, -0.25) is 4.79 Å². The van der Waals surface area contributed by atoms with Crippen LogP contribution in [-0.4, -0.2) is 11.1 Å². The Bertz CT molecular complexity index is 958. The molecule has 1 amide bonds. The number of amides is 1. The minimum atomic E-state index is -0.0838. The van der Waals surface area contributed by atoms with Crippen molar-refractivity contribution in [2.75, 3.05) is 0 Å². The minimum Gasteiger partial charge on any atom is -0.489 e. The normalized spacial score (nSPS) is 15.4. The summed E-state index contributed by atoms with van der Waals surface area (Å²) in [6.07, 6.45) is 1.94. The number of hydrogen-bond acceptors (Lipinski definition) is 4. The van der Waals surface area contributed by atoms with Gasteiger partial charge in [0.15, 0.2) is 0 Å². The molecule has 2 aromatic carbocycles. The molecule has 5 heteroatoms. The van der Waals surface area contributed by atoms with Crippen LogP contribution in [0.5, 0.6) is 5.75 Å². The van der Waals surface area contributed by atoms with E-state index in [4.69, 9.17) is 9.26 Å². The predicted octanol–water partition coefficient (Wildman–Crippen LogP) is 4.29. The lowest BCUT2D eigenvalue weighted by Crippen LogP contribution is -2.27. The van der Waals surface area contributed by atoms with E-state index in [0.29, 0.717) is 17.9 Å². The van der Waals surface area contributed by atoms with Crippen molar-refractivity contribution in [2.45, 2.75) is 39.3 Å². The number of ether oxygens (including phenoxy) is 1. The third-order valence-electron chi connectivity index (χ3n) is 5.10. The van der Waals surface area contributed by atoms with Crippen LogP contribution in [-0.2, 0) is 13.0 Å². The Hall–Kier alpha value is -3.08. The van der Waals surface area contributed by atoms with Gasteiger partial charge in [-0.05, 0) is 56.0 Å². The largest absolute Gasteiger partial charge is 0.489 e. The maximum Gasteiger partial charge on any atom is 0.251 e. The maximum absolute atomic E-state index is 12.7. The molecule has 5 nitrogen and oxygen atoms in total. The highest BCUT2D eigenvalue weighted by atomic mass is 16.5. The zero-order valence-electron chi connectivity index (χ0n) is 15.5. The van der Waals surface area contributed by atoms with E-state index >= 15 is 0 Å². The van der Waals surface area contributed by atoms with Gasteiger partial charge in [-0.25, -0.2) is 0 Å². The topological polar surface area (TPSA) is 64.4 Å². The second-order valence-electron chi connectivity index (χ2n) is 6.88. The molecular weight excluding hydrogens is 340 g/mol. The molecule has 0 bridgehead atoms. The van der Waals surface area contributed by atoms with Gasteiger partial charge >= 0.3 is 0 Å². The summed E-state index contributed by atoms with van der Waals surface area (Å²) < 4.78 is 11.0. The number of nitrogens with one attached hydrogen (secondary N) is 1.